The van der Waals surface area contributed by atoms with Gasteiger partial charge in [0.2, 0.25) is 0 Å². The molecule has 0 radical (unpaired) electrons. The summed E-state index contributed by atoms with van der Waals surface area (Å²) in [6.45, 7) is 0. The quantitative estimate of drug-likeness (QED) is 0.515. The fraction of sp³-hybridized carbons (Fsp3) is 0.150. The van der Waals surface area contributed by atoms with Crippen molar-refractivity contribution in [3.63, 3.8) is 0 Å². The minimum Gasteiger partial charge on any atom is -0.452 e. The summed E-state index contributed by atoms with van der Waals surface area (Å²) >= 11 is 6.40. The topological polar surface area (TPSA) is 94.1 Å². The van der Waals surface area contributed by atoms with Crippen molar-refractivity contribution in [3.05, 3.63) is 53.8 Å². The van der Waals surface area contributed by atoms with E-state index in [-0.39, 0.29) is 0 Å². The number of anilines is 3. The molecule has 0 bridgehead atoms. The summed E-state index contributed by atoms with van der Waals surface area (Å²) in [6.07, 6.45) is 3.12. The molecular formula is C20H20ClN7O. The predicted molar refractivity (Wildman–Crippen MR) is 116 cm³/mol. The monoisotopic (exact) mass is 409 g/mol. The van der Waals surface area contributed by atoms with Crippen LogP contribution in [0.25, 0.3) is 16.7 Å². The van der Waals surface area contributed by atoms with Crippen molar-refractivity contribution in [2.24, 2.45) is 0 Å². The van der Waals surface area contributed by atoms with Gasteiger partial charge in [0, 0.05) is 21.1 Å². The van der Waals surface area contributed by atoms with Gasteiger partial charge in [0.05, 0.1) is 29.2 Å². The molecule has 0 amide bonds. The fourth-order valence-corrected chi connectivity index (χ4v) is 3.30. The van der Waals surface area contributed by atoms with E-state index in [1.165, 1.54) is 6.20 Å². The largest absolute Gasteiger partial charge is 0.452 e. The Hall–Kier alpha value is -3.52. The number of nitrogens with one attached hydrogen (secondary N) is 1. The molecule has 3 heterocycles. The Labute approximate surface area is 172 Å². The zero-order chi connectivity index (χ0) is 20.5. The summed E-state index contributed by atoms with van der Waals surface area (Å²) < 4.78 is 7.77. The zero-order valence-electron chi connectivity index (χ0n) is 16.2. The van der Waals surface area contributed by atoms with Crippen molar-refractivity contribution in [1.82, 2.24) is 19.7 Å². The summed E-state index contributed by atoms with van der Waals surface area (Å²) in [5, 5.41) is 8.86. The Kier molecular flexibility index (Phi) is 4.85. The number of hydrogen-bond donors (Lipinski definition) is 2. The third kappa shape index (κ3) is 3.38. The molecule has 0 atom stereocenters. The number of rotatable bonds is 5. The number of ether oxygens (including phenoxy) is 1. The van der Waals surface area contributed by atoms with Crippen LogP contribution in [0.1, 0.15) is 0 Å². The zero-order valence-corrected chi connectivity index (χ0v) is 17.0. The average molecular weight is 410 g/mol. The van der Waals surface area contributed by atoms with Crippen molar-refractivity contribution in [2.75, 3.05) is 37.1 Å². The van der Waals surface area contributed by atoms with Crippen LogP contribution in [0.15, 0.2) is 48.8 Å². The van der Waals surface area contributed by atoms with E-state index in [9.17, 15) is 0 Å². The summed E-state index contributed by atoms with van der Waals surface area (Å²) in [5.41, 5.74) is 8.01. The molecule has 0 saturated heterocycles. The lowest BCUT2D eigenvalue weighted by atomic mass is 10.3. The van der Waals surface area contributed by atoms with Gasteiger partial charge in [0.15, 0.2) is 17.2 Å². The van der Waals surface area contributed by atoms with E-state index in [0.29, 0.717) is 28.0 Å². The molecule has 3 N–H and O–H groups in total. The van der Waals surface area contributed by atoms with Gasteiger partial charge in [-0.2, -0.15) is 0 Å². The standard InChI is InChI=1S/C20H20ClN7O/c1-23-17-16(21)15(11-24-18(17)22)29-13-9-14-19(25-10-13)28(26-20(14)27(2)3)12-7-5-4-6-8-12/h4-11,23H,1-3H3,(H2,22,24). The molecule has 29 heavy (non-hydrogen) atoms. The molecule has 3 aromatic heterocycles. The molecule has 0 aliphatic heterocycles. The van der Waals surface area contributed by atoms with Crippen LogP contribution in [0.3, 0.4) is 0 Å². The highest BCUT2D eigenvalue weighted by Gasteiger charge is 2.17. The lowest BCUT2D eigenvalue weighted by Gasteiger charge is -2.12. The van der Waals surface area contributed by atoms with Crippen LogP contribution in [0.5, 0.6) is 11.5 Å². The van der Waals surface area contributed by atoms with E-state index in [4.69, 9.17) is 27.2 Å². The van der Waals surface area contributed by atoms with Gasteiger partial charge in [0.1, 0.15) is 16.6 Å². The maximum absolute atomic E-state index is 6.40. The van der Waals surface area contributed by atoms with Crippen molar-refractivity contribution >= 4 is 40.0 Å². The molecule has 9 heteroatoms. The molecule has 1 aromatic carbocycles. The van der Waals surface area contributed by atoms with Crippen LogP contribution in [-0.2, 0) is 0 Å². The first-order valence-electron chi connectivity index (χ1n) is 8.90. The molecule has 0 aliphatic rings. The number of para-hydroxylation sites is 1. The molecule has 0 aliphatic carbocycles. The number of benzene rings is 1. The smallest absolute Gasteiger partial charge is 0.166 e. The summed E-state index contributed by atoms with van der Waals surface area (Å²) in [6, 6.07) is 11.7. The summed E-state index contributed by atoms with van der Waals surface area (Å²) in [4.78, 5) is 10.6. The fourth-order valence-electron chi connectivity index (χ4n) is 3.02. The number of nitrogens with two attached hydrogens (primary N) is 1. The number of nitrogen functional groups attached to an aromatic ring is 1. The highest BCUT2D eigenvalue weighted by atomic mass is 35.5. The molecular weight excluding hydrogens is 390 g/mol. The first-order chi connectivity index (χ1) is 14.0. The number of pyridine rings is 2. The van der Waals surface area contributed by atoms with Crippen LogP contribution in [0, 0.1) is 0 Å². The lowest BCUT2D eigenvalue weighted by Crippen LogP contribution is -2.10. The van der Waals surface area contributed by atoms with Gasteiger partial charge in [-0.3, -0.25) is 0 Å². The van der Waals surface area contributed by atoms with Gasteiger partial charge < -0.3 is 20.7 Å². The van der Waals surface area contributed by atoms with Crippen LogP contribution >= 0.6 is 11.6 Å². The van der Waals surface area contributed by atoms with Crippen LogP contribution in [-0.4, -0.2) is 40.9 Å². The molecule has 0 unspecified atom stereocenters. The van der Waals surface area contributed by atoms with Crippen LogP contribution in [0.2, 0.25) is 5.02 Å². The third-order valence-corrected chi connectivity index (χ3v) is 4.77. The van der Waals surface area contributed by atoms with Crippen molar-refractivity contribution in [2.45, 2.75) is 0 Å². The van der Waals surface area contributed by atoms with E-state index in [2.05, 4.69) is 15.3 Å². The first kappa shape index (κ1) is 18.8. The van der Waals surface area contributed by atoms with E-state index in [0.717, 1.165) is 22.5 Å². The Bertz CT molecular complexity index is 1170. The second kappa shape index (κ2) is 7.48. The van der Waals surface area contributed by atoms with Gasteiger partial charge in [0.25, 0.3) is 0 Å². The number of aromatic nitrogens is 4. The SMILES string of the molecule is CNc1c(N)ncc(Oc2cnc3c(c2)c(N(C)C)nn3-c2ccccc2)c1Cl. The Morgan fingerprint density at radius 3 is 2.59 bits per heavy atom. The maximum Gasteiger partial charge on any atom is 0.166 e. The molecule has 4 aromatic rings. The number of nitrogens with zero attached hydrogens (tertiary/aromatic N) is 5. The minimum atomic E-state index is 0.303. The average Bonchev–Trinajstić information content (AvgIpc) is 3.10. The number of hydrogen-bond acceptors (Lipinski definition) is 7. The number of fused-ring (bicyclic) bond motifs is 1. The van der Waals surface area contributed by atoms with Gasteiger partial charge in [-0.15, -0.1) is 5.10 Å². The van der Waals surface area contributed by atoms with Crippen molar-refractivity contribution < 1.29 is 4.74 Å². The van der Waals surface area contributed by atoms with E-state index in [1.807, 2.05) is 60.1 Å². The van der Waals surface area contributed by atoms with Gasteiger partial charge in [-0.25, -0.2) is 14.6 Å². The van der Waals surface area contributed by atoms with E-state index >= 15 is 0 Å². The summed E-state index contributed by atoms with van der Waals surface area (Å²) in [7, 11) is 5.59. The molecule has 0 fully saturated rings. The first-order valence-corrected chi connectivity index (χ1v) is 9.28. The normalized spacial score (nSPS) is 10.9. The second-order valence-corrected chi connectivity index (χ2v) is 6.93. The highest BCUT2D eigenvalue weighted by Crippen LogP contribution is 2.38. The van der Waals surface area contributed by atoms with Gasteiger partial charge in [-0.1, -0.05) is 29.8 Å². The van der Waals surface area contributed by atoms with Crippen LogP contribution in [0.4, 0.5) is 17.3 Å². The highest BCUT2D eigenvalue weighted by molar-refractivity contribution is 6.35. The Morgan fingerprint density at radius 2 is 1.90 bits per heavy atom. The van der Waals surface area contributed by atoms with Crippen LogP contribution < -0.4 is 20.7 Å². The molecule has 0 spiro atoms. The second-order valence-electron chi connectivity index (χ2n) is 6.56. The molecule has 0 saturated carbocycles. The summed E-state index contributed by atoms with van der Waals surface area (Å²) in [5.74, 6) is 1.98. The predicted octanol–water partition coefficient (Wildman–Crippen LogP) is 3.95. The van der Waals surface area contributed by atoms with Crippen molar-refractivity contribution in [1.29, 1.82) is 0 Å². The minimum absolute atomic E-state index is 0.303. The van der Waals surface area contributed by atoms with E-state index < -0.39 is 0 Å². The van der Waals surface area contributed by atoms with Gasteiger partial charge >= 0.3 is 0 Å². The molecule has 8 nitrogen and oxygen atoms in total. The number of halogens is 1. The lowest BCUT2D eigenvalue weighted by molar-refractivity contribution is 0.479. The Balaban J connectivity index is 1.80. The Morgan fingerprint density at radius 1 is 1.14 bits per heavy atom. The molecule has 4 rings (SSSR count). The molecule has 148 valence electrons. The van der Waals surface area contributed by atoms with Crippen molar-refractivity contribution in [3.8, 4) is 17.2 Å². The maximum atomic E-state index is 6.40. The third-order valence-electron chi connectivity index (χ3n) is 4.39. The van der Waals surface area contributed by atoms with Gasteiger partial charge in [-0.05, 0) is 18.2 Å². The van der Waals surface area contributed by atoms with E-state index in [1.54, 1.807) is 13.2 Å².